The summed E-state index contributed by atoms with van der Waals surface area (Å²) in [4.78, 5) is 22.8. The normalized spacial score (nSPS) is 13.8. The van der Waals surface area contributed by atoms with E-state index in [0.717, 1.165) is 43.0 Å². The molecule has 0 aliphatic carbocycles. The highest BCUT2D eigenvalue weighted by Crippen LogP contribution is 2.29. The lowest BCUT2D eigenvalue weighted by atomic mass is 10.1. The molecule has 0 saturated heterocycles. The van der Waals surface area contributed by atoms with Crippen molar-refractivity contribution in [2.24, 2.45) is 0 Å². The zero-order valence-electron chi connectivity index (χ0n) is 18.2. The number of nitrogens with one attached hydrogen (secondary N) is 1. The van der Waals surface area contributed by atoms with Gasteiger partial charge >= 0.3 is 0 Å². The summed E-state index contributed by atoms with van der Waals surface area (Å²) >= 11 is 1.49. The Labute approximate surface area is 192 Å². The van der Waals surface area contributed by atoms with Crippen molar-refractivity contribution >= 4 is 34.1 Å². The molecule has 2 heterocycles. The van der Waals surface area contributed by atoms with Crippen LogP contribution in [-0.2, 0) is 24.3 Å². The number of hydrogen-bond acceptors (Lipinski definition) is 6. The van der Waals surface area contributed by atoms with E-state index in [1.807, 2.05) is 55.4 Å². The Kier molecular flexibility index (Phi) is 6.64. The summed E-state index contributed by atoms with van der Waals surface area (Å²) in [5.74, 6) is -0.434. The Balaban J connectivity index is 1.42. The highest BCUT2D eigenvalue weighted by Gasteiger charge is 2.22. The first-order valence-corrected chi connectivity index (χ1v) is 11.3. The average molecular weight is 444 g/mol. The van der Waals surface area contributed by atoms with E-state index in [1.54, 1.807) is 6.08 Å². The van der Waals surface area contributed by atoms with Crippen LogP contribution in [0.2, 0.25) is 0 Å². The Morgan fingerprint density at radius 2 is 1.97 bits per heavy atom. The number of fused-ring (bicyclic) bond motifs is 1. The third-order valence-corrected chi connectivity index (χ3v) is 6.36. The predicted octanol–water partition coefficient (Wildman–Crippen LogP) is 4.31. The smallest absolute Gasteiger partial charge is 0.268 e. The minimum absolute atomic E-state index is 0.0569. The monoisotopic (exact) mass is 443 g/mol. The van der Waals surface area contributed by atoms with Gasteiger partial charge < -0.3 is 4.90 Å². The van der Waals surface area contributed by atoms with Gasteiger partial charge in [-0.2, -0.15) is 5.26 Å². The maximum absolute atomic E-state index is 12.7. The van der Waals surface area contributed by atoms with Crippen molar-refractivity contribution in [3.8, 4) is 6.07 Å². The number of hydrogen-bond donors (Lipinski definition) is 1. The number of amides is 1. The van der Waals surface area contributed by atoms with E-state index in [1.165, 1.54) is 21.8 Å². The molecule has 0 radical (unpaired) electrons. The number of nitriles is 1. The highest BCUT2D eigenvalue weighted by atomic mass is 32.1. The average Bonchev–Trinajstić information content (AvgIpc) is 3.19. The molecule has 1 aliphatic rings. The SMILES string of the molecule is CN(C)c1ccc(/C=C(\C#N)C(=O)Nc2nc3c(s2)CN(Cc2ccccc2)CC3)cc1. The lowest BCUT2D eigenvalue weighted by molar-refractivity contribution is -0.112. The first-order chi connectivity index (χ1) is 15.5. The number of anilines is 2. The van der Waals surface area contributed by atoms with E-state index in [-0.39, 0.29) is 5.57 Å². The Hall–Kier alpha value is -3.47. The largest absolute Gasteiger partial charge is 0.378 e. The summed E-state index contributed by atoms with van der Waals surface area (Å²) in [7, 11) is 3.93. The quantitative estimate of drug-likeness (QED) is 0.454. The molecule has 0 saturated carbocycles. The van der Waals surface area contributed by atoms with Gasteiger partial charge in [-0.25, -0.2) is 4.98 Å². The van der Waals surface area contributed by atoms with Crippen molar-refractivity contribution in [3.05, 3.63) is 81.9 Å². The third kappa shape index (κ3) is 5.22. The van der Waals surface area contributed by atoms with E-state index < -0.39 is 5.91 Å². The Morgan fingerprint density at radius 1 is 1.22 bits per heavy atom. The molecule has 1 aromatic heterocycles. The van der Waals surface area contributed by atoms with Crippen molar-refractivity contribution in [3.63, 3.8) is 0 Å². The standard InChI is InChI=1S/C25H25N5OS/c1-29(2)21-10-8-18(9-11-21)14-20(15-26)24(31)28-25-27-22-12-13-30(17-23(22)32-25)16-19-6-4-3-5-7-19/h3-11,14H,12-13,16-17H2,1-2H3,(H,27,28,31)/b20-14+. The van der Waals surface area contributed by atoms with E-state index >= 15 is 0 Å². The molecular formula is C25H25N5OS. The molecule has 4 rings (SSSR count). The van der Waals surface area contributed by atoms with Gasteiger partial charge in [0.25, 0.3) is 5.91 Å². The van der Waals surface area contributed by atoms with Gasteiger partial charge in [-0.05, 0) is 29.3 Å². The molecule has 2 aromatic carbocycles. The second-order valence-corrected chi connectivity index (χ2v) is 9.03. The number of carbonyl (C=O) groups is 1. The van der Waals surface area contributed by atoms with Crippen LogP contribution in [0.3, 0.4) is 0 Å². The molecule has 3 aromatic rings. The Bertz CT molecular complexity index is 1160. The first kappa shape index (κ1) is 21.8. The lowest BCUT2D eigenvalue weighted by Crippen LogP contribution is -2.29. The van der Waals surface area contributed by atoms with E-state index in [2.05, 4.69) is 39.5 Å². The van der Waals surface area contributed by atoms with Crippen LogP contribution < -0.4 is 10.2 Å². The van der Waals surface area contributed by atoms with Crippen molar-refractivity contribution in [2.75, 3.05) is 30.9 Å². The maximum Gasteiger partial charge on any atom is 0.268 e. The minimum atomic E-state index is -0.434. The number of nitrogens with zero attached hydrogens (tertiary/aromatic N) is 4. The van der Waals surface area contributed by atoms with Gasteiger partial charge in [0.15, 0.2) is 5.13 Å². The maximum atomic E-state index is 12.7. The summed E-state index contributed by atoms with van der Waals surface area (Å²) in [6.07, 6.45) is 2.46. The predicted molar refractivity (Wildman–Crippen MR) is 129 cm³/mol. The van der Waals surface area contributed by atoms with Gasteiger partial charge in [-0.3, -0.25) is 15.0 Å². The van der Waals surface area contributed by atoms with Gasteiger partial charge in [0.1, 0.15) is 11.6 Å². The summed E-state index contributed by atoms with van der Waals surface area (Å²) in [5.41, 5.74) is 4.24. The van der Waals surface area contributed by atoms with Crippen LogP contribution in [0.15, 0.2) is 60.2 Å². The van der Waals surface area contributed by atoms with Crippen LogP contribution in [0, 0.1) is 11.3 Å². The summed E-state index contributed by atoms with van der Waals surface area (Å²) in [6, 6.07) is 20.1. The lowest BCUT2D eigenvalue weighted by Gasteiger charge is -2.25. The van der Waals surface area contributed by atoms with Crippen LogP contribution in [0.25, 0.3) is 6.08 Å². The molecule has 7 heteroatoms. The molecule has 1 N–H and O–H groups in total. The van der Waals surface area contributed by atoms with Crippen LogP contribution in [-0.4, -0.2) is 36.4 Å². The van der Waals surface area contributed by atoms with E-state index in [0.29, 0.717) is 5.13 Å². The minimum Gasteiger partial charge on any atom is -0.378 e. The molecule has 1 aliphatic heterocycles. The van der Waals surface area contributed by atoms with Crippen LogP contribution in [0.5, 0.6) is 0 Å². The number of rotatable bonds is 6. The second kappa shape index (κ2) is 9.77. The number of carbonyl (C=O) groups excluding carboxylic acids is 1. The fraction of sp³-hybridized carbons (Fsp3) is 0.240. The zero-order valence-corrected chi connectivity index (χ0v) is 19.0. The molecule has 162 valence electrons. The van der Waals surface area contributed by atoms with Crippen molar-refractivity contribution in [1.82, 2.24) is 9.88 Å². The number of benzene rings is 2. The van der Waals surface area contributed by atoms with Crippen molar-refractivity contribution in [1.29, 1.82) is 5.26 Å². The molecule has 0 atom stereocenters. The summed E-state index contributed by atoms with van der Waals surface area (Å²) in [6.45, 7) is 2.65. The van der Waals surface area contributed by atoms with Gasteiger partial charge in [0, 0.05) is 50.7 Å². The van der Waals surface area contributed by atoms with Crippen LogP contribution >= 0.6 is 11.3 Å². The van der Waals surface area contributed by atoms with Crippen molar-refractivity contribution < 1.29 is 4.79 Å². The van der Waals surface area contributed by atoms with Gasteiger partial charge in [0.05, 0.1) is 5.69 Å². The van der Waals surface area contributed by atoms with Crippen LogP contribution in [0.1, 0.15) is 21.7 Å². The van der Waals surface area contributed by atoms with Gasteiger partial charge in [-0.15, -0.1) is 11.3 Å². The molecule has 0 bridgehead atoms. The first-order valence-electron chi connectivity index (χ1n) is 10.5. The summed E-state index contributed by atoms with van der Waals surface area (Å²) in [5, 5.41) is 12.9. The molecule has 6 nitrogen and oxygen atoms in total. The molecule has 0 fully saturated rings. The number of aromatic nitrogens is 1. The zero-order chi connectivity index (χ0) is 22.5. The van der Waals surface area contributed by atoms with Gasteiger partial charge in [0.2, 0.25) is 0 Å². The molecular weight excluding hydrogens is 418 g/mol. The van der Waals surface area contributed by atoms with Crippen molar-refractivity contribution in [2.45, 2.75) is 19.5 Å². The van der Waals surface area contributed by atoms with Gasteiger partial charge in [-0.1, -0.05) is 42.5 Å². The fourth-order valence-electron chi connectivity index (χ4n) is 3.63. The van der Waals surface area contributed by atoms with E-state index in [4.69, 9.17) is 0 Å². The number of thiazole rings is 1. The molecule has 32 heavy (non-hydrogen) atoms. The highest BCUT2D eigenvalue weighted by molar-refractivity contribution is 7.15. The second-order valence-electron chi connectivity index (χ2n) is 7.95. The molecule has 1 amide bonds. The molecule has 0 spiro atoms. The third-order valence-electron chi connectivity index (χ3n) is 5.37. The Morgan fingerprint density at radius 3 is 2.66 bits per heavy atom. The van der Waals surface area contributed by atoms with Crippen LogP contribution in [0.4, 0.5) is 10.8 Å². The summed E-state index contributed by atoms with van der Waals surface area (Å²) < 4.78 is 0. The molecule has 0 unspecified atom stereocenters. The van der Waals surface area contributed by atoms with E-state index in [9.17, 15) is 10.1 Å². The fourth-order valence-corrected chi connectivity index (χ4v) is 4.67. The topological polar surface area (TPSA) is 72.3 Å².